The van der Waals surface area contributed by atoms with E-state index in [2.05, 4.69) is 14.8 Å². The molecule has 0 bridgehead atoms. The molecule has 9 heteroatoms. The van der Waals surface area contributed by atoms with E-state index in [-0.39, 0.29) is 5.75 Å². The Morgan fingerprint density at radius 2 is 1.59 bits per heavy atom. The number of piperazine rings is 1. The number of sulfonamides is 1. The lowest BCUT2D eigenvalue weighted by molar-refractivity contribution is 0.383. The summed E-state index contributed by atoms with van der Waals surface area (Å²) in [5, 5.41) is 0.605. The van der Waals surface area contributed by atoms with Gasteiger partial charge < -0.3 is 9.80 Å². The van der Waals surface area contributed by atoms with Gasteiger partial charge in [0.15, 0.2) is 0 Å². The maximum Gasteiger partial charge on any atom is 0.227 e. The number of rotatable bonds is 5. The van der Waals surface area contributed by atoms with Gasteiger partial charge in [0.05, 0.1) is 5.75 Å². The molecule has 0 spiro atoms. The zero-order chi connectivity index (χ0) is 20.4. The van der Waals surface area contributed by atoms with Gasteiger partial charge in [-0.05, 0) is 37.5 Å². The first-order valence-electron chi connectivity index (χ1n) is 9.98. The minimum Gasteiger partial charge on any atom is -0.354 e. The van der Waals surface area contributed by atoms with Crippen molar-refractivity contribution in [2.24, 2.45) is 0 Å². The Balaban J connectivity index is 1.42. The van der Waals surface area contributed by atoms with Crippen LogP contribution in [0.25, 0.3) is 0 Å². The first-order chi connectivity index (χ1) is 13.9. The highest BCUT2D eigenvalue weighted by Crippen LogP contribution is 2.23. The molecule has 4 rings (SSSR count). The molecule has 0 aliphatic carbocycles. The molecule has 0 amide bonds. The summed E-state index contributed by atoms with van der Waals surface area (Å²) in [5.41, 5.74) is 1.69. The van der Waals surface area contributed by atoms with E-state index in [1.165, 1.54) is 12.8 Å². The minimum atomic E-state index is -3.36. The van der Waals surface area contributed by atoms with Crippen LogP contribution in [0.5, 0.6) is 0 Å². The van der Waals surface area contributed by atoms with E-state index >= 15 is 0 Å². The summed E-state index contributed by atoms with van der Waals surface area (Å²) in [6.07, 6.45) is 2.35. The van der Waals surface area contributed by atoms with E-state index in [9.17, 15) is 8.42 Å². The molecule has 156 valence electrons. The summed E-state index contributed by atoms with van der Waals surface area (Å²) in [7, 11) is -3.36. The number of nitrogens with zero attached hydrogens (tertiary/aromatic N) is 5. The van der Waals surface area contributed by atoms with Crippen molar-refractivity contribution in [2.75, 3.05) is 49.1 Å². The van der Waals surface area contributed by atoms with E-state index in [0.717, 1.165) is 36.1 Å². The molecule has 1 aromatic heterocycles. The quantitative estimate of drug-likeness (QED) is 0.719. The van der Waals surface area contributed by atoms with Crippen molar-refractivity contribution in [3.8, 4) is 0 Å². The van der Waals surface area contributed by atoms with Crippen LogP contribution in [0.1, 0.15) is 24.1 Å². The summed E-state index contributed by atoms with van der Waals surface area (Å²) in [5.74, 6) is 1.67. The molecule has 2 saturated heterocycles. The number of anilines is 2. The molecule has 2 aliphatic heterocycles. The Bertz CT molecular complexity index is 953. The molecule has 0 N–H and O–H groups in total. The van der Waals surface area contributed by atoms with Gasteiger partial charge in [-0.15, -0.1) is 0 Å². The molecule has 1 aromatic carbocycles. The Morgan fingerprint density at radius 1 is 0.931 bits per heavy atom. The highest BCUT2D eigenvalue weighted by atomic mass is 35.5. The fourth-order valence-electron chi connectivity index (χ4n) is 3.84. The highest BCUT2D eigenvalue weighted by molar-refractivity contribution is 7.88. The Kier molecular flexibility index (Phi) is 5.94. The van der Waals surface area contributed by atoms with Gasteiger partial charge in [-0.3, -0.25) is 0 Å². The molecular formula is C20H26ClN5O2S. The first kappa shape index (κ1) is 20.4. The number of aryl methyl sites for hydroxylation is 1. The summed E-state index contributed by atoms with van der Waals surface area (Å²) in [6.45, 7) is 6.14. The smallest absolute Gasteiger partial charge is 0.227 e. The van der Waals surface area contributed by atoms with Crippen LogP contribution < -0.4 is 9.80 Å². The minimum absolute atomic E-state index is 0.00408. The molecule has 3 heterocycles. The van der Waals surface area contributed by atoms with Crippen molar-refractivity contribution in [3.63, 3.8) is 0 Å². The standard InChI is InChI=1S/C20H26ClN5O2S/c1-16-14-19(23-20(22-16)25-8-2-3-9-25)24-10-12-26(13-11-24)29(27,28)15-17-4-6-18(21)7-5-17/h4-7,14H,2-3,8-13,15H2,1H3. The van der Waals surface area contributed by atoms with Crippen LogP contribution in [0.4, 0.5) is 11.8 Å². The number of hydrogen-bond donors (Lipinski definition) is 0. The van der Waals surface area contributed by atoms with E-state index in [1.807, 2.05) is 13.0 Å². The van der Waals surface area contributed by atoms with Crippen LogP contribution in [-0.4, -0.2) is 62.0 Å². The lowest BCUT2D eigenvalue weighted by Crippen LogP contribution is -2.49. The van der Waals surface area contributed by atoms with E-state index in [4.69, 9.17) is 16.6 Å². The first-order valence-corrected chi connectivity index (χ1v) is 12.0. The molecule has 7 nitrogen and oxygen atoms in total. The SMILES string of the molecule is Cc1cc(N2CCN(S(=O)(=O)Cc3ccc(Cl)cc3)CC2)nc(N2CCCC2)n1. The van der Waals surface area contributed by atoms with E-state index in [1.54, 1.807) is 28.6 Å². The lowest BCUT2D eigenvalue weighted by atomic mass is 10.2. The third kappa shape index (κ3) is 4.82. The number of benzene rings is 1. The third-order valence-electron chi connectivity index (χ3n) is 5.44. The monoisotopic (exact) mass is 435 g/mol. The van der Waals surface area contributed by atoms with Gasteiger partial charge in [0.1, 0.15) is 5.82 Å². The average molecular weight is 436 g/mol. The second kappa shape index (κ2) is 8.45. The van der Waals surface area contributed by atoms with Crippen LogP contribution in [0, 0.1) is 6.92 Å². The average Bonchev–Trinajstić information content (AvgIpc) is 3.24. The molecule has 2 aliphatic rings. The summed E-state index contributed by atoms with van der Waals surface area (Å²) >= 11 is 5.89. The summed E-state index contributed by atoms with van der Waals surface area (Å²) in [4.78, 5) is 13.7. The molecule has 0 unspecified atom stereocenters. The highest BCUT2D eigenvalue weighted by Gasteiger charge is 2.28. The van der Waals surface area contributed by atoms with Crippen LogP contribution in [-0.2, 0) is 15.8 Å². The number of hydrogen-bond acceptors (Lipinski definition) is 6. The second-order valence-electron chi connectivity index (χ2n) is 7.63. The molecule has 29 heavy (non-hydrogen) atoms. The van der Waals surface area contributed by atoms with Crippen molar-refractivity contribution in [1.29, 1.82) is 0 Å². The van der Waals surface area contributed by atoms with Crippen LogP contribution in [0.2, 0.25) is 5.02 Å². The van der Waals surface area contributed by atoms with E-state index < -0.39 is 10.0 Å². The predicted octanol–water partition coefficient (Wildman–Crippen LogP) is 2.69. The van der Waals surface area contributed by atoms with Gasteiger partial charge in [0.25, 0.3) is 0 Å². The molecule has 2 fully saturated rings. The van der Waals surface area contributed by atoms with Gasteiger partial charge in [0, 0.05) is 56.1 Å². The van der Waals surface area contributed by atoms with Crippen molar-refractivity contribution >= 4 is 33.4 Å². The zero-order valence-corrected chi connectivity index (χ0v) is 18.2. The lowest BCUT2D eigenvalue weighted by Gasteiger charge is -2.35. The van der Waals surface area contributed by atoms with Gasteiger partial charge in [-0.1, -0.05) is 23.7 Å². The Morgan fingerprint density at radius 3 is 2.24 bits per heavy atom. The van der Waals surface area contributed by atoms with Gasteiger partial charge in [0.2, 0.25) is 16.0 Å². The molecule has 0 atom stereocenters. The number of aromatic nitrogens is 2. The maximum atomic E-state index is 12.8. The molecule has 2 aromatic rings. The van der Waals surface area contributed by atoms with Gasteiger partial charge in [-0.25, -0.2) is 13.4 Å². The Labute approximate surface area is 177 Å². The van der Waals surface area contributed by atoms with Crippen LogP contribution in [0.15, 0.2) is 30.3 Å². The third-order valence-corrected chi connectivity index (χ3v) is 7.54. The van der Waals surface area contributed by atoms with Crippen molar-refractivity contribution in [1.82, 2.24) is 14.3 Å². The van der Waals surface area contributed by atoms with Gasteiger partial charge in [-0.2, -0.15) is 9.29 Å². The molecular weight excluding hydrogens is 410 g/mol. The fourth-order valence-corrected chi connectivity index (χ4v) is 5.48. The molecule has 0 saturated carbocycles. The topological polar surface area (TPSA) is 69.6 Å². The fraction of sp³-hybridized carbons (Fsp3) is 0.500. The largest absolute Gasteiger partial charge is 0.354 e. The maximum absolute atomic E-state index is 12.8. The van der Waals surface area contributed by atoms with Crippen molar-refractivity contribution in [2.45, 2.75) is 25.5 Å². The Hall–Kier alpha value is -1.90. The second-order valence-corrected chi connectivity index (χ2v) is 10.0. The zero-order valence-electron chi connectivity index (χ0n) is 16.6. The van der Waals surface area contributed by atoms with Gasteiger partial charge >= 0.3 is 0 Å². The van der Waals surface area contributed by atoms with E-state index in [0.29, 0.717) is 31.2 Å². The summed E-state index contributed by atoms with van der Waals surface area (Å²) < 4.78 is 27.2. The van der Waals surface area contributed by atoms with Crippen molar-refractivity contribution < 1.29 is 8.42 Å². The van der Waals surface area contributed by atoms with Crippen LogP contribution >= 0.6 is 11.6 Å². The molecule has 0 radical (unpaired) electrons. The summed E-state index contributed by atoms with van der Waals surface area (Å²) in [6, 6.07) is 8.95. The van der Waals surface area contributed by atoms with Crippen molar-refractivity contribution in [3.05, 3.63) is 46.6 Å². The normalized spacial score (nSPS) is 18.4. The van der Waals surface area contributed by atoms with Crippen LogP contribution in [0.3, 0.4) is 0 Å². The predicted molar refractivity (Wildman–Crippen MR) is 116 cm³/mol. The number of halogens is 1.